The predicted octanol–water partition coefficient (Wildman–Crippen LogP) is 6.13. The molecule has 176 valence electrons. The van der Waals surface area contributed by atoms with E-state index in [9.17, 15) is 0 Å². The van der Waals surface area contributed by atoms with Gasteiger partial charge in [0, 0.05) is 61.4 Å². The van der Waals surface area contributed by atoms with E-state index in [2.05, 4.69) is 84.8 Å². The molecule has 2 atom stereocenters. The van der Waals surface area contributed by atoms with Gasteiger partial charge in [-0.05, 0) is 42.9 Å². The van der Waals surface area contributed by atoms with Gasteiger partial charge in [-0.15, -0.1) is 0 Å². The second kappa shape index (κ2) is 11.3. The fourth-order valence-electron chi connectivity index (χ4n) is 5.42. The highest BCUT2D eigenvalue weighted by Crippen LogP contribution is 2.56. The van der Waals surface area contributed by atoms with Gasteiger partial charge in [0.25, 0.3) is 0 Å². The minimum atomic E-state index is 0.382. The van der Waals surface area contributed by atoms with Gasteiger partial charge in [0.2, 0.25) is 0 Å². The number of hydrogen-bond acceptors (Lipinski definition) is 4. The van der Waals surface area contributed by atoms with Crippen molar-refractivity contribution in [1.29, 1.82) is 0 Å². The molecule has 4 heteroatoms. The highest BCUT2D eigenvalue weighted by Gasteiger charge is 2.57. The quantitative estimate of drug-likeness (QED) is 0.532. The van der Waals surface area contributed by atoms with Crippen LogP contribution in [0.4, 0.5) is 5.69 Å². The van der Waals surface area contributed by atoms with Crippen LogP contribution >= 0.6 is 11.8 Å². The summed E-state index contributed by atoms with van der Waals surface area (Å²) in [6, 6.07) is 9.00. The van der Waals surface area contributed by atoms with E-state index in [-0.39, 0.29) is 0 Å². The van der Waals surface area contributed by atoms with Crippen molar-refractivity contribution < 1.29 is 4.74 Å². The molecule has 0 spiro atoms. The summed E-state index contributed by atoms with van der Waals surface area (Å²) in [6.45, 7) is 13.4. The van der Waals surface area contributed by atoms with Crippen LogP contribution in [0.5, 0.6) is 0 Å². The number of hydrogen-bond donors (Lipinski definition) is 0. The lowest BCUT2D eigenvalue weighted by Crippen LogP contribution is -2.40. The Morgan fingerprint density at radius 3 is 2.75 bits per heavy atom. The molecule has 3 fully saturated rings. The van der Waals surface area contributed by atoms with Crippen molar-refractivity contribution in [2.75, 3.05) is 55.8 Å². The molecule has 32 heavy (non-hydrogen) atoms. The molecule has 0 radical (unpaired) electrons. The molecule has 0 aromatic heterocycles. The summed E-state index contributed by atoms with van der Waals surface area (Å²) in [4.78, 5) is 5.17. The van der Waals surface area contributed by atoms with Crippen LogP contribution in [0.15, 0.2) is 48.1 Å². The number of anilines is 1. The van der Waals surface area contributed by atoms with Crippen LogP contribution in [-0.4, -0.2) is 61.3 Å². The normalized spacial score (nSPS) is 27.8. The third-order valence-corrected chi connectivity index (χ3v) is 8.32. The second-order valence-electron chi connectivity index (χ2n) is 9.90. The summed E-state index contributed by atoms with van der Waals surface area (Å²) in [5.74, 6) is 3.98. The zero-order valence-electron chi connectivity index (χ0n) is 20.4. The molecule has 2 heterocycles. The molecule has 0 amide bonds. The fraction of sp³-hybridized carbons (Fsp3) is 0.643. The summed E-state index contributed by atoms with van der Waals surface area (Å²) in [5.41, 5.74) is 4.92. The Morgan fingerprint density at radius 1 is 1.12 bits per heavy atom. The van der Waals surface area contributed by atoms with Gasteiger partial charge in [0.1, 0.15) is 0 Å². The summed E-state index contributed by atoms with van der Waals surface area (Å²) in [5, 5.41) is 0. The zero-order valence-corrected chi connectivity index (χ0v) is 21.2. The monoisotopic (exact) mass is 454 g/mol. The predicted molar refractivity (Wildman–Crippen MR) is 140 cm³/mol. The molecule has 3 nitrogen and oxygen atoms in total. The molecule has 0 bridgehead atoms. The first-order valence-corrected chi connectivity index (χ1v) is 13.9. The third kappa shape index (κ3) is 5.63. The van der Waals surface area contributed by atoms with Crippen LogP contribution in [-0.2, 0) is 4.74 Å². The van der Waals surface area contributed by atoms with E-state index in [0.29, 0.717) is 11.5 Å². The summed E-state index contributed by atoms with van der Waals surface area (Å²) in [7, 11) is 0. The fourth-order valence-corrected chi connectivity index (χ4v) is 6.33. The average Bonchev–Trinajstić information content (AvgIpc) is 3.62. The highest BCUT2D eigenvalue weighted by molar-refractivity contribution is 7.99. The van der Waals surface area contributed by atoms with Gasteiger partial charge < -0.3 is 9.64 Å². The molecule has 5 rings (SSSR count). The number of rotatable bonds is 5. The van der Waals surface area contributed by atoms with Crippen molar-refractivity contribution in [1.82, 2.24) is 4.90 Å². The maximum atomic E-state index is 5.57. The largest absolute Gasteiger partial charge is 0.380 e. The van der Waals surface area contributed by atoms with E-state index >= 15 is 0 Å². The van der Waals surface area contributed by atoms with E-state index in [1.54, 1.807) is 5.57 Å². The van der Waals surface area contributed by atoms with Gasteiger partial charge in [0.05, 0.1) is 6.61 Å². The van der Waals surface area contributed by atoms with Gasteiger partial charge >= 0.3 is 0 Å². The van der Waals surface area contributed by atoms with E-state index in [0.717, 1.165) is 25.7 Å². The van der Waals surface area contributed by atoms with Crippen LogP contribution in [0.2, 0.25) is 0 Å². The molecule has 2 saturated heterocycles. The van der Waals surface area contributed by atoms with Crippen LogP contribution in [0, 0.1) is 5.92 Å². The van der Waals surface area contributed by atoms with Crippen molar-refractivity contribution >= 4 is 17.4 Å². The zero-order chi connectivity index (χ0) is 22.4. The maximum absolute atomic E-state index is 5.57. The molecule has 2 unspecified atom stereocenters. The molecule has 4 aliphatic rings. The molecular weight excluding hydrogens is 412 g/mol. The molecule has 1 saturated carbocycles. The molecule has 2 aliphatic carbocycles. The van der Waals surface area contributed by atoms with E-state index in [1.807, 2.05) is 0 Å². The Morgan fingerprint density at radius 2 is 1.97 bits per heavy atom. The third-order valence-electron chi connectivity index (χ3n) is 7.38. The number of nitrogens with zero attached hydrogens (tertiary/aromatic N) is 2. The molecular formula is C28H42N2OS. The number of ether oxygens (including phenoxy) is 1. The van der Waals surface area contributed by atoms with Crippen molar-refractivity contribution in [3.8, 4) is 0 Å². The highest BCUT2D eigenvalue weighted by atomic mass is 32.2. The smallest absolute Gasteiger partial charge is 0.0593 e. The minimum Gasteiger partial charge on any atom is -0.380 e. The number of fused-ring (bicyclic) bond motifs is 1. The van der Waals surface area contributed by atoms with Gasteiger partial charge in [-0.25, -0.2) is 0 Å². The van der Waals surface area contributed by atoms with Gasteiger partial charge in [-0.3, -0.25) is 4.90 Å². The van der Waals surface area contributed by atoms with Crippen molar-refractivity contribution in [3.05, 3.63) is 53.6 Å². The van der Waals surface area contributed by atoms with Gasteiger partial charge in [0.15, 0.2) is 0 Å². The Balaban J connectivity index is 0.000000155. The minimum absolute atomic E-state index is 0.382. The first-order chi connectivity index (χ1) is 15.6. The molecule has 1 aromatic rings. The van der Waals surface area contributed by atoms with E-state index in [4.69, 9.17) is 4.74 Å². The Kier molecular flexibility index (Phi) is 8.42. The Hall–Kier alpha value is -1.23. The molecule has 2 aliphatic heterocycles. The lowest BCUT2D eigenvalue weighted by molar-refractivity contribution is 0.132. The number of thioether (sulfide) groups is 1. The topological polar surface area (TPSA) is 15.7 Å². The van der Waals surface area contributed by atoms with Crippen LogP contribution in [0.25, 0.3) is 0 Å². The Bertz CT molecular complexity index is 790. The number of benzene rings is 1. The van der Waals surface area contributed by atoms with Crippen LogP contribution in [0.1, 0.15) is 57.9 Å². The van der Waals surface area contributed by atoms with E-state index < -0.39 is 0 Å². The first-order valence-electron chi connectivity index (χ1n) is 12.8. The molecule has 1 aromatic carbocycles. The van der Waals surface area contributed by atoms with Gasteiger partial charge in [-0.2, -0.15) is 11.8 Å². The van der Waals surface area contributed by atoms with Crippen LogP contribution in [0.3, 0.4) is 0 Å². The Labute approximate surface area is 200 Å². The SMILES string of the molecule is CC(C)c1cccc(N2CCSCC2)c1.CCCC1=CC=CC2(N3CCCOCC3)CC12. The number of allylic oxidation sites excluding steroid dienone is 2. The summed E-state index contributed by atoms with van der Waals surface area (Å²) >= 11 is 2.06. The standard InChI is InChI=1S/C15H23NO.C13H19NS/c1-2-5-13-6-3-7-15(12-14(13)15)16-8-4-10-17-11-9-16;1-11(2)12-4-3-5-13(10-12)14-6-8-15-9-7-14/h3,6-7,14H,2,4-5,8-12H2,1H3;3-5,10-11H,6-9H2,1-2H3. The van der Waals surface area contributed by atoms with Crippen molar-refractivity contribution in [2.24, 2.45) is 5.92 Å². The molecule has 0 N–H and O–H groups in total. The summed E-state index contributed by atoms with van der Waals surface area (Å²) in [6.07, 6.45) is 12.2. The van der Waals surface area contributed by atoms with E-state index in [1.165, 1.54) is 68.1 Å². The van der Waals surface area contributed by atoms with Crippen LogP contribution < -0.4 is 4.90 Å². The summed E-state index contributed by atoms with van der Waals surface area (Å²) < 4.78 is 5.57. The average molecular weight is 455 g/mol. The van der Waals surface area contributed by atoms with Gasteiger partial charge in [-0.1, -0.05) is 63.1 Å². The maximum Gasteiger partial charge on any atom is 0.0593 e. The van der Waals surface area contributed by atoms with Crippen molar-refractivity contribution in [2.45, 2.75) is 57.9 Å². The first kappa shape index (κ1) is 23.9. The lowest BCUT2D eigenvalue weighted by atomic mass is 9.96. The second-order valence-corrected chi connectivity index (χ2v) is 11.1. The van der Waals surface area contributed by atoms with Crippen molar-refractivity contribution in [3.63, 3.8) is 0 Å². The lowest BCUT2D eigenvalue weighted by Gasteiger charge is -2.31.